The molecule has 1 fully saturated rings. The van der Waals surface area contributed by atoms with Crippen LogP contribution in [0.4, 0.5) is 0 Å². The average Bonchev–Trinajstić information content (AvgIpc) is 3.31. The van der Waals surface area contributed by atoms with Gasteiger partial charge in [0, 0.05) is 44.0 Å². The first-order valence-corrected chi connectivity index (χ1v) is 15.4. The molecule has 0 spiro atoms. The van der Waals surface area contributed by atoms with Crippen molar-refractivity contribution in [2.45, 2.75) is 44.4 Å². The van der Waals surface area contributed by atoms with Crippen LogP contribution in [0, 0.1) is 6.92 Å². The van der Waals surface area contributed by atoms with Crippen LogP contribution in [-0.4, -0.2) is 72.8 Å². The van der Waals surface area contributed by atoms with Gasteiger partial charge in [0.2, 0.25) is 17.0 Å². The van der Waals surface area contributed by atoms with E-state index < -0.39 is 0 Å². The standard InChI is InChI=1S/C33H34N6O2S/c1-23-13-15-28-27(19-23)31-32(39(28)21-26-11-7-4-8-12-26)34-33(36-35-31)42-22-30(41)37-17-18-38(24(2)20-37)29(40)16-14-25-9-5-3-6-10-25/h3-13,15,19,24H,14,16-18,20-22H2,1-2H3. The quantitative estimate of drug-likeness (QED) is 0.238. The number of amides is 2. The number of carbonyl (C=O) groups is 2. The summed E-state index contributed by atoms with van der Waals surface area (Å²) in [7, 11) is 0. The molecule has 5 aromatic rings. The van der Waals surface area contributed by atoms with E-state index in [1.54, 1.807) is 0 Å². The fraction of sp³-hybridized carbons (Fsp3) is 0.303. The zero-order valence-corrected chi connectivity index (χ0v) is 24.8. The largest absolute Gasteiger partial charge is 0.338 e. The summed E-state index contributed by atoms with van der Waals surface area (Å²) in [6, 6.07) is 26.7. The number of thioether (sulfide) groups is 1. The molecule has 42 heavy (non-hydrogen) atoms. The van der Waals surface area contributed by atoms with E-state index in [4.69, 9.17) is 4.98 Å². The van der Waals surface area contributed by atoms with E-state index in [-0.39, 0.29) is 23.6 Å². The first kappa shape index (κ1) is 27.9. The smallest absolute Gasteiger partial charge is 0.233 e. The van der Waals surface area contributed by atoms with E-state index in [1.165, 1.54) is 17.3 Å². The Labute approximate surface area is 249 Å². The van der Waals surface area contributed by atoms with Crippen molar-refractivity contribution in [1.82, 2.24) is 29.5 Å². The van der Waals surface area contributed by atoms with Gasteiger partial charge in [0.1, 0.15) is 5.52 Å². The van der Waals surface area contributed by atoms with Crippen LogP contribution in [-0.2, 0) is 22.6 Å². The first-order chi connectivity index (χ1) is 20.5. The summed E-state index contributed by atoms with van der Waals surface area (Å²) in [5.41, 5.74) is 6.08. The molecule has 2 aromatic heterocycles. The zero-order chi connectivity index (χ0) is 29.1. The lowest BCUT2D eigenvalue weighted by Gasteiger charge is -2.40. The summed E-state index contributed by atoms with van der Waals surface area (Å²) < 4.78 is 2.18. The summed E-state index contributed by atoms with van der Waals surface area (Å²) in [5.74, 6) is 0.383. The highest BCUT2D eigenvalue weighted by Gasteiger charge is 2.29. The molecule has 2 amide bonds. The van der Waals surface area contributed by atoms with Crippen LogP contribution in [0.3, 0.4) is 0 Å². The molecule has 3 aromatic carbocycles. The second kappa shape index (κ2) is 12.3. The van der Waals surface area contributed by atoms with Crippen LogP contribution in [0.1, 0.15) is 30.0 Å². The van der Waals surface area contributed by atoms with E-state index >= 15 is 0 Å². The van der Waals surface area contributed by atoms with Crippen LogP contribution in [0.15, 0.2) is 84.0 Å². The molecule has 6 rings (SSSR count). The summed E-state index contributed by atoms with van der Waals surface area (Å²) in [6.07, 6.45) is 1.20. The Morgan fingerprint density at radius 2 is 1.64 bits per heavy atom. The van der Waals surface area contributed by atoms with E-state index in [0.717, 1.165) is 39.6 Å². The predicted molar refractivity (Wildman–Crippen MR) is 166 cm³/mol. The predicted octanol–water partition coefficient (Wildman–Crippen LogP) is 5.12. The van der Waals surface area contributed by atoms with Gasteiger partial charge in [0.05, 0.1) is 11.3 Å². The summed E-state index contributed by atoms with van der Waals surface area (Å²) in [6.45, 7) is 6.36. The maximum atomic E-state index is 13.2. The van der Waals surface area contributed by atoms with Gasteiger partial charge >= 0.3 is 0 Å². The van der Waals surface area contributed by atoms with E-state index in [9.17, 15) is 9.59 Å². The van der Waals surface area contributed by atoms with E-state index in [0.29, 0.717) is 37.8 Å². The van der Waals surface area contributed by atoms with Crippen molar-refractivity contribution in [3.05, 3.63) is 95.6 Å². The fourth-order valence-corrected chi connectivity index (χ4v) is 6.34. The van der Waals surface area contributed by atoms with Crippen LogP contribution in [0.5, 0.6) is 0 Å². The number of fused-ring (bicyclic) bond motifs is 3. The number of hydrogen-bond donors (Lipinski definition) is 0. The fourth-order valence-electron chi connectivity index (χ4n) is 5.65. The molecular weight excluding hydrogens is 544 g/mol. The Hall–Kier alpha value is -4.24. The summed E-state index contributed by atoms with van der Waals surface area (Å²) >= 11 is 1.31. The van der Waals surface area contributed by atoms with Crippen molar-refractivity contribution in [3.63, 3.8) is 0 Å². The highest BCUT2D eigenvalue weighted by atomic mass is 32.2. The van der Waals surface area contributed by atoms with Gasteiger partial charge in [-0.05, 0) is 43.5 Å². The molecule has 1 saturated heterocycles. The molecule has 0 saturated carbocycles. The molecule has 1 aliphatic rings. The minimum Gasteiger partial charge on any atom is -0.338 e. The molecule has 9 heteroatoms. The van der Waals surface area contributed by atoms with E-state index in [1.807, 2.05) is 65.3 Å². The molecule has 0 radical (unpaired) electrons. The Morgan fingerprint density at radius 3 is 2.38 bits per heavy atom. The molecule has 1 aliphatic heterocycles. The second-order valence-corrected chi connectivity index (χ2v) is 11.9. The molecule has 1 atom stereocenters. The molecule has 8 nitrogen and oxygen atoms in total. The molecule has 0 aliphatic carbocycles. The van der Waals surface area contributed by atoms with Gasteiger partial charge in [-0.1, -0.05) is 84.1 Å². The van der Waals surface area contributed by atoms with Gasteiger partial charge in [-0.3, -0.25) is 9.59 Å². The number of rotatable bonds is 8. The monoisotopic (exact) mass is 578 g/mol. The zero-order valence-electron chi connectivity index (χ0n) is 23.9. The minimum atomic E-state index is -0.0256. The summed E-state index contributed by atoms with van der Waals surface area (Å²) in [5, 5.41) is 10.5. The summed E-state index contributed by atoms with van der Waals surface area (Å²) in [4.78, 5) is 34.7. The Balaban J connectivity index is 1.11. The third-order valence-corrected chi connectivity index (χ3v) is 8.70. The third kappa shape index (κ3) is 6.01. The molecule has 0 bridgehead atoms. The van der Waals surface area contributed by atoms with E-state index in [2.05, 4.69) is 52.0 Å². The number of nitrogens with zero attached hydrogens (tertiary/aromatic N) is 6. The van der Waals surface area contributed by atoms with Gasteiger partial charge in [0.25, 0.3) is 0 Å². The van der Waals surface area contributed by atoms with Crippen LogP contribution in [0.2, 0.25) is 0 Å². The van der Waals surface area contributed by atoms with Crippen LogP contribution in [0.25, 0.3) is 22.1 Å². The molecule has 3 heterocycles. The van der Waals surface area contributed by atoms with Gasteiger partial charge in [-0.2, -0.15) is 0 Å². The average molecular weight is 579 g/mol. The number of aromatic nitrogens is 4. The number of benzene rings is 3. The normalized spacial score (nSPS) is 15.4. The highest BCUT2D eigenvalue weighted by Crippen LogP contribution is 2.29. The molecule has 0 N–H and O–H groups in total. The van der Waals surface area contributed by atoms with Crippen LogP contribution < -0.4 is 0 Å². The maximum Gasteiger partial charge on any atom is 0.233 e. The van der Waals surface area contributed by atoms with Gasteiger partial charge in [0.15, 0.2) is 5.65 Å². The Kier molecular flexibility index (Phi) is 8.19. The number of hydrogen-bond acceptors (Lipinski definition) is 6. The second-order valence-electron chi connectivity index (χ2n) is 10.9. The van der Waals surface area contributed by atoms with Crippen molar-refractivity contribution in [2.24, 2.45) is 0 Å². The van der Waals surface area contributed by atoms with Crippen molar-refractivity contribution in [1.29, 1.82) is 0 Å². The third-order valence-electron chi connectivity index (χ3n) is 7.88. The van der Waals surface area contributed by atoms with Crippen molar-refractivity contribution in [3.8, 4) is 0 Å². The van der Waals surface area contributed by atoms with Gasteiger partial charge < -0.3 is 14.4 Å². The van der Waals surface area contributed by atoms with Crippen molar-refractivity contribution < 1.29 is 9.59 Å². The Bertz CT molecular complexity index is 1720. The highest BCUT2D eigenvalue weighted by molar-refractivity contribution is 7.99. The molecule has 1 unspecified atom stereocenters. The lowest BCUT2D eigenvalue weighted by atomic mass is 10.1. The van der Waals surface area contributed by atoms with Gasteiger partial charge in [-0.15, -0.1) is 10.2 Å². The number of carbonyl (C=O) groups excluding carboxylic acids is 2. The Morgan fingerprint density at radius 1 is 0.905 bits per heavy atom. The topological polar surface area (TPSA) is 84.2 Å². The molecular formula is C33H34N6O2S. The lowest BCUT2D eigenvalue weighted by Crippen LogP contribution is -2.55. The minimum absolute atomic E-state index is 0.0207. The van der Waals surface area contributed by atoms with Crippen molar-refractivity contribution in [2.75, 3.05) is 25.4 Å². The number of piperazine rings is 1. The SMILES string of the molecule is Cc1ccc2c(c1)c1nnc(SCC(=O)N3CCN(C(=O)CCc4ccccc4)C(C)C3)nc1n2Cc1ccccc1. The maximum absolute atomic E-state index is 13.2. The van der Waals surface area contributed by atoms with Gasteiger partial charge in [-0.25, -0.2) is 4.98 Å². The molecule has 214 valence electrons. The number of aryl methyl sites for hydroxylation is 2. The van der Waals surface area contributed by atoms with Crippen LogP contribution >= 0.6 is 11.8 Å². The lowest BCUT2D eigenvalue weighted by molar-refractivity contribution is -0.141. The van der Waals surface area contributed by atoms with Crippen molar-refractivity contribution >= 4 is 45.6 Å². The first-order valence-electron chi connectivity index (χ1n) is 14.4.